The molecule has 1 aliphatic heterocycles. The number of piperidine rings is 1. The molecule has 3 aromatic carbocycles. The molecular formula is C27H27N3O2S. The average Bonchev–Trinajstić information content (AvgIpc) is 3.32. The molecule has 5 nitrogen and oxygen atoms in total. The second-order valence-corrected chi connectivity index (χ2v) is 9.39. The van der Waals surface area contributed by atoms with Gasteiger partial charge in [-0.15, -0.1) is 0 Å². The molecule has 1 N–H and O–H groups in total. The monoisotopic (exact) mass is 457 g/mol. The van der Waals surface area contributed by atoms with Crippen LogP contribution in [0.2, 0.25) is 0 Å². The van der Waals surface area contributed by atoms with Crippen LogP contribution in [-0.4, -0.2) is 24.0 Å². The van der Waals surface area contributed by atoms with Crippen molar-refractivity contribution in [3.63, 3.8) is 0 Å². The van der Waals surface area contributed by atoms with Crippen molar-refractivity contribution < 1.29 is 9.53 Å². The third-order valence-electron chi connectivity index (χ3n) is 5.98. The highest BCUT2D eigenvalue weighted by Gasteiger charge is 2.27. The van der Waals surface area contributed by atoms with Crippen molar-refractivity contribution in [2.75, 3.05) is 18.0 Å². The number of ether oxygens (including phenoxy) is 1. The van der Waals surface area contributed by atoms with Crippen LogP contribution in [0.1, 0.15) is 24.0 Å². The summed E-state index contributed by atoms with van der Waals surface area (Å²) < 4.78 is 7.04. The molecule has 5 rings (SSSR count). The molecule has 0 saturated carbocycles. The first-order valence-corrected chi connectivity index (χ1v) is 12.2. The summed E-state index contributed by atoms with van der Waals surface area (Å²) in [7, 11) is 0. The number of thiazole rings is 1. The Balaban J connectivity index is 1.13. The van der Waals surface area contributed by atoms with Crippen LogP contribution < -0.4 is 15.0 Å². The normalized spacial score (nSPS) is 16.0. The predicted octanol–water partition coefficient (Wildman–Crippen LogP) is 5.41. The lowest BCUT2D eigenvalue weighted by atomic mass is 9.97. The van der Waals surface area contributed by atoms with E-state index < -0.39 is 0 Å². The second kappa shape index (κ2) is 10.0. The van der Waals surface area contributed by atoms with E-state index >= 15 is 0 Å². The fourth-order valence-electron chi connectivity index (χ4n) is 4.14. The summed E-state index contributed by atoms with van der Waals surface area (Å²) in [5.74, 6) is 0.928. The van der Waals surface area contributed by atoms with Gasteiger partial charge in [0.1, 0.15) is 12.4 Å². The number of nitrogens with zero attached hydrogens (tertiary/aromatic N) is 2. The van der Waals surface area contributed by atoms with Crippen molar-refractivity contribution in [1.29, 1.82) is 0 Å². The average molecular weight is 458 g/mol. The Morgan fingerprint density at radius 2 is 1.79 bits per heavy atom. The number of benzene rings is 3. The van der Waals surface area contributed by atoms with Crippen molar-refractivity contribution in [3.8, 4) is 5.75 Å². The molecule has 0 spiro atoms. The summed E-state index contributed by atoms with van der Waals surface area (Å²) in [5, 5.41) is 4.13. The Morgan fingerprint density at radius 3 is 2.61 bits per heavy atom. The zero-order chi connectivity index (χ0) is 22.5. The second-order valence-electron chi connectivity index (χ2n) is 8.39. The van der Waals surface area contributed by atoms with Crippen LogP contribution in [-0.2, 0) is 17.9 Å². The summed E-state index contributed by atoms with van der Waals surface area (Å²) >= 11 is 1.70. The minimum absolute atomic E-state index is 0.0146. The van der Waals surface area contributed by atoms with E-state index in [1.807, 2.05) is 72.8 Å². The molecule has 0 aliphatic carbocycles. The van der Waals surface area contributed by atoms with Gasteiger partial charge < -0.3 is 15.0 Å². The molecule has 168 valence electrons. The zero-order valence-electron chi connectivity index (χ0n) is 18.4. The lowest BCUT2D eigenvalue weighted by Crippen LogP contribution is -2.42. The summed E-state index contributed by atoms with van der Waals surface area (Å²) in [6, 6.07) is 26.2. The molecule has 1 fully saturated rings. The third kappa shape index (κ3) is 5.34. The molecule has 1 atom stereocenters. The summed E-state index contributed by atoms with van der Waals surface area (Å²) in [4.78, 5) is 19.9. The zero-order valence-corrected chi connectivity index (χ0v) is 19.3. The predicted molar refractivity (Wildman–Crippen MR) is 134 cm³/mol. The third-order valence-corrected chi connectivity index (χ3v) is 7.08. The molecule has 1 amide bonds. The van der Waals surface area contributed by atoms with Gasteiger partial charge in [-0.05, 0) is 48.2 Å². The highest BCUT2D eigenvalue weighted by molar-refractivity contribution is 7.22. The molecule has 1 unspecified atom stereocenters. The largest absolute Gasteiger partial charge is 0.489 e. The van der Waals surface area contributed by atoms with Gasteiger partial charge in [0.25, 0.3) is 0 Å². The molecular weight excluding hydrogens is 430 g/mol. The van der Waals surface area contributed by atoms with Crippen molar-refractivity contribution in [3.05, 3.63) is 90.0 Å². The molecule has 0 bridgehead atoms. The lowest BCUT2D eigenvalue weighted by Gasteiger charge is -2.31. The molecule has 2 heterocycles. The number of carbonyl (C=O) groups excluding carboxylic acids is 1. The maximum Gasteiger partial charge on any atom is 0.225 e. The van der Waals surface area contributed by atoms with Gasteiger partial charge in [-0.25, -0.2) is 4.98 Å². The molecule has 6 heteroatoms. The van der Waals surface area contributed by atoms with Crippen molar-refractivity contribution in [2.24, 2.45) is 5.92 Å². The first-order chi connectivity index (χ1) is 16.2. The van der Waals surface area contributed by atoms with Gasteiger partial charge in [0.2, 0.25) is 5.91 Å². The van der Waals surface area contributed by atoms with E-state index in [1.54, 1.807) is 11.3 Å². The highest BCUT2D eigenvalue weighted by atomic mass is 32.1. The number of para-hydroxylation sites is 1. The van der Waals surface area contributed by atoms with E-state index in [2.05, 4.69) is 16.3 Å². The lowest BCUT2D eigenvalue weighted by molar-refractivity contribution is -0.125. The fourth-order valence-corrected chi connectivity index (χ4v) is 5.14. The Morgan fingerprint density at radius 1 is 1.00 bits per heavy atom. The van der Waals surface area contributed by atoms with Gasteiger partial charge in [0.15, 0.2) is 5.13 Å². The highest BCUT2D eigenvalue weighted by Crippen LogP contribution is 2.31. The molecule has 4 aromatic rings. The van der Waals surface area contributed by atoms with Gasteiger partial charge in [-0.1, -0.05) is 65.9 Å². The van der Waals surface area contributed by atoms with Crippen LogP contribution in [0.15, 0.2) is 78.9 Å². The van der Waals surface area contributed by atoms with Crippen molar-refractivity contribution in [2.45, 2.75) is 26.0 Å². The van der Waals surface area contributed by atoms with E-state index in [4.69, 9.17) is 9.72 Å². The number of anilines is 1. The van der Waals surface area contributed by atoms with Crippen LogP contribution in [0, 0.1) is 5.92 Å². The first-order valence-electron chi connectivity index (χ1n) is 11.4. The maximum atomic E-state index is 12.9. The minimum Gasteiger partial charge on any atom is -0.489 e. The van der Waals surface area contributed by atoms with Crippen molar-refractivity contribution in [1.82, 2.24) is 10.3 Å². The Labute approximate surface area is 198 Å². The van der Waals surface area contributed by atoms with Gasteiger partial charge in [-0.3, -0.25) is 4.79 Å². The molecule has 1 saturated heterocycles. The molecule has 0 radical (unpaired) electrons. The number of aromatic nitrogens is 1. The Kier molecular flexibility index (Phi) is 6.53. The number of carbonyl (C=O) groups is 1. The van der Waals surface area contributed by atoms with E-state index in [1.165, 1.54) is 4.70 Å². The van der Waals surface area contributed by atoms with Gasteiger partial charge in [0.05, 0.1) is 16.1 Å². The number of fused-ring (bicyclic) bond motifs is 1. The van der Waals surface area contributed by atoms with Crippen molar-refractivity contribution >= 4 is 32.6 Å². The number of rotatable bonds is 7. The van der Waals surface area contributed by atoms with Crippen LogP contribution in [0.4, 0.5) is 5.13 Å². The maximum absolute atomic E-state index is 12.9. The van der Waals surface area contributed by atoms with E-state index in [0.29, 0.717) is 13.2 Å². The topological polar surface area (TPSA) is 54.5 Å². The standard InChI is InChI=1S/C27H27N3O2S/c31-26(22-9-6-16-30(18-22)27-29-24-10-4-5-11-25(24)33-27)28-17-20-12-14-23(15-13-20)32-19-21-7-2-1-3-8-21/h1-5,7-8,10-15,22H,6,9,16-19H2,(H,28,31). The van der Waals surface area contributed by atoms with Gasteiger partial charge in [-0.2, -0.15) is 0 Å². The van der Waals surface area contributed by atoms with E-state index in [-0.39, 0.29) is 11.8 Å². The summed E-state index contributed by atoms with van der Waals surface area (Å²) in [6.45, 7) is 2.74. The number of amides is 1. The van der Waals surface area contributed by atoms with Gasteiger partial charge >= 0.3 is 0 Å². The number of nitrogens with one attached hydrogen (secondary N) is 1. The summed E-state index contributed by atoms with van der Waals surface area (Å²) in [5.41, 5.74) is 3.23. The molecule has 1 aromatic heterocycles. The quantitative estimate of drug-likeness (QED) is 0.403. The SMILES string of the molecule is O=C(NCc1ccc(OCc2ccccc2)cc1)C1CCCN(c2nc3ccccc3s2)C1. The molecule has 1 aliphatic rings. The minimum atomic E-state index is -0.0146. The smallest absolute Gasteiger partial charge is 0.225 e. The van der Waals surface area contributed by atoms with Crippen LogP contribution in [0.5, 0.6) is 5.75 Å². The summed E-state index contributed by atoms with van der Waals surface area (Å²) in [6.07, 6.45) is 1.92. The Hall–Kier alpha value is -3.38. The number of hydrogen-bond donors (Lipinski definition) is 1. The fraction of sp³-hybridized carbons (Fsp3) is 0.259. The van der Waals surface area contributed by atoms with Crippen LogP contribution in [0.25, 0.3) is 10.2 Å². The van der Waals surface area contributed by atoms with Crippen LogP contribution in [0.3, 0.4) is 0 Å². The number of hydrogen-bond acceptors (Lipinski definition) is 5. The van der Waals surface area contributed by atoms with Crippen LogP contribution >= 0.6 is 11.3 Å². The first kappa shape index (κ1) is 21.5. The van der Waals surface area contributed by atoms with E-state index in [0.717, 1.165) is 53.5 Å². The van der Waals surface area contributed by atoms with Gasteiger partial charge in [0, 0.05) is 19.6 Å². The Bertz CT molecular complexity index is 1170. The van der Waals surface area contributed by atoms with E-state index in [9.17, 15) is 4.79 Å². The molecule has 33 heavy (non-hydrogen) atoms.